The van der Waals surface area contributed by atoms with Gasteiger partial charge in [0.15, 0.2) is 5.65 Å². The number of hydrogen-bond donors (Lipinski definition) is 5. The highest BCUT2D eigenvalue weighted by Crippen LogP contribution is 2.24. The summed E-state index contributed by atoms with van der Waals surface area (Å²) >= 11 is 0. The number of imidazole rings is 1. The fourth-order valence-electron chi connectivity index (χ4n) is 4.76. The van der Waals surface area contributed by atoms with E-state index in [1.807, 2.05) is 6.07 Å². The minimum absolute atomic E-state index is 0.00352. The normalized spacial score (nSPS) is 20.6. The second-order valence-corrected chi connectivity index (χ2v) is 11.6. The van der Waals surface area contributed by atoms with E-state index < -0.39 is 15.7 Å². The second kappa shape index (κ2) is 10.2. The molecule has 0 spiro atoms. The van der Waals surface area contributed by atoms with Gasteiger partial charge < -0.3 is 15.4 Å². The van der Waals surface area contributed by atoms with Crippen LogP contribution in [0.4, 0.5) is 5.95 Å². The molecule has 206 valence electrons. The first-order chi connectivity index (χ1) is 19.3. The number of H-pyrrole nitrogens is 2. The number of fused-ring (bicyclic) bond motifs is 1. The van der Waals surface area contributed by atoms with E-state index in [9.17, 15) is 23.6 Å². The van der Waals surface area contributed by atoms with E-state index in [2.05, 4.69) is 40.1 Å². The molecule has 1 aromatic carbocycles. The quantitative estimate of drug-likeness (QED) is 0.206. The molecule has 3 heterocycles. The van der Waals surface area contributed by atoms with Crippen LogP contribution in [0.2, 0.25) is 0 Å². The summed E-state index contributed by atoms with van der Waals surface area (Å²) in [4.78, 5) is 30.2. The Morgan fingerprint density at radius 3 is 2.55 bits per heavy atom. The van der Waals surface area contributed by atoms with Crippen LogP contribution in [-0.2, 0) is 10.0 Å². The third kappa shape index (κ3) is 5.31. The lowest BCUT2D eigenvalue weighted by Crippen LogP contribution is -2.40. The molecule has 2 saturated carbocycles. The van der Waals surface area contributed by atoms with Crippen LogP contribution in [-0.4, -0.2) is 61.2 Å². The molecule has 4 aromatic rings. The maximum atomic E-state index is 12.9. The Balaban J connectivity index is 1.21. The number of benzene rings is 1. The number of nitrogens with one attached hydrogen (secondary N) is 4. The molecule has 14 nitrogen and oxygen atoms in total. The van der Waals surface area contributed by atoms with E-state index in [0.29, 0.717) is 48.1 Å². The van der Waals surface area contributed by atoms with Gasteiger partial charge in [0.2, 0.25) is 21.9 Å². The van der Waals surface area contributed by atoms with Gasteiger partial charge in [-0.15, -0.1) is 0 Å². The number of anilines is 1. The Morgan fingerprint density at radius 1 is 1.10 bits per heavy atom. The van der Waals surface area contributed by atoms with Gasteiger partial charge in [0.25, 0.3) is 5.62 Å². The van der Waals surface area contributed by atoms with Crippen LogP contribution in [0.25, 0.3) is 11.7 Å². The van der Waals surface area contributed by atoms with E-state index in [4.69, 9.17) is 0 Å². The maximum absolute atomic E-state index is 12.9. The van der Waals surface area contributed by atoms with E-state index in [1.54, 1.807) is 24.4 Å². The zero-order valence-corrected chi connectivity index (χ0v) is 22.0. The average molecular weight is 563 g/mol. The van der Waals surface area contributed by atoms with Crippen molar-refractivity contribution in [3.8, 4) is 11.9 Å². The molecule has 0 unspecified atom stereocenters. The van der Waals surface area contributed by atoms with Gasteiger partial charge in [-0.1, -0.05) is 12.1 Å². The second-order valence-electron chi connectivity index (χ2n) is 9.95. The zero-order valence-electron chi connectivity index (χ0n) is 21.2. The van der Waals surface area contributed by atoms with Crippen LogP contribution in [0, 0.1) is 11.3 Å². The number of nitrogens with zero attached hydrogens (tertiary/aromatic N) is 6. The molecule has 5 N–H and O–H groups in total. The number of hydrogen-bond acceptors (Lipinski definition) is 10. The Bertz CT molecular complexity index is 1910. The van der Waals surface area contributed by atoms with Crippen molar-refractivity contribution in [1.82, 2.24) is 34.3 Å². The fourth-order valence-corrected chi connectivity index (χ4v) is 6.22. The number of sulfonamides is 1. The van der Waals surface area contributed by atoms with Crippen LogP contribution in [0.3, 0.4) is 0 Å². The zero-order chi connectivity index (χ0) is 27.9. The first-order valence-corrected chi connectivity index (χ1v) is 14.4. The van der Waals surface area contributed by atoms with Crippen molar-refractivity contribution < 1.29 is 13.5 Å². The van der Waals surface area contributed by atoms with Crippen molar-refractivity contribution in [3.63, 3.8) is 0 Å². The third-order valence-corrected chi connectivity index (χ3v) is 8.52. The lowest BCUT2D eigenvalue weighted by molar-refractivity contribution is 0.386. The third-order valence-electron chi connectivity index (χ3n) is 6.94. The van der Waals surface area contributed by atoms with E-state index in [1.165, 1.54) is 16.6 Å². The molecule has 3 aromatic heterocycles. The van der Waals surface area contributed by atoms with Gasteiger partial charge in [0.05, 0.1) is 22.7 Å². The van der Waals surface area contributed by atoms with Gasteiger partial charge in [-0.25, -0.2) is 22.9 Å². The molecule has 0 bridgehead atoms. The SMILES string of the molecule is N#Cc1ccccc1S(=O)(=O)NC1CCC(Nc2nc(=NC3CC3)n3ncc(=Cc4[nH]c(=O)[nH]c4O)c3n2)CC1. The molecule has 40 heavy (non-hydrogen) atoms. The van der Waals surface area contributed by atoms with E-state index >= 15 is 0 Å². The van der Waals surface area contributed by atoms with Crippen molar-refractivity contribution in [2.24, 2.45) is 4.99 Å². The van der Waals surface area contributed by atoms with Crippen molar-refractivity contribution in [2.45, 2.75) is 61.5 Å². The molecule has 0 amide bonds. The van der Waals surface area contributed by atoms with Gasteiger partial charge in [-0.3, -0.25) is 4.98 Å². The van der Waals surface area contributed by atoms with Crippen LogP contribution in [0.5, 0.6) is 5.88 Å². The lowest BCUT2D eigenvalue weighted by Gasteiger charge is -2.29. The lowest BCUT2D eigenvalue weighted by atomic mass is 9.92. The van der Waals surface area contributed by atoms with E-state index in [0.717, 1.165) is 12.8 Å². The summed E-state index contributed by atoms with van der Waals surface area (Å²) in [6.45, 7) is 0. The summed E-state index contributed by atoms with van der Waals surface area (Å²) in [6.07, 6.45) is 7.62. The van der Waals surface area contributed by atoms with Crippen molar-refractivity contribution in [2.75, 3.05) is 5.32 Å². The number of rotatable bonds is 7. The van der Waals surface area contributed by atoms with Gasteiger partial charge >= 0.3 is 5.69 Å². The summed E-state index contributed by atoms with van der Waals surface area (Å²) < 4.78 is 30.1. The Morgan fingerprint density at radius 2 is 1.85 bits per heavy atom. The molecule has 15 heteroatoms. The van der Waals surface area contributed by atoms with Gasteiger partial charge in [-0.05, 0) is 56.7 Å². The molecule has 2 aliphatic carbocycles. The summed E-state index contributed by atoms with van der Waals surface area (Å²) in [6, 6.07) is 8.01. The summed E-state index contributed by atoms with van der Waals surface area (Å²) in [5.41, 5.74) is 0.635. The monoisotopic (exact) mass is 562 g/mol. The van der Waals surface area contributed by atoms with Gasteiger partial charge in [0.1, 0.15) is 11.8 Å². The standard InChI is InChI=1S/C25H26N10O4S/c26-12-14-3-1-2-4-20(14)40(38,39)34-18-9-7-16(8-10-18)28-23-31-21-15(11-19-22(36)32-25(37)30-19)13-27-35(21)24(33-23)29-17-5-6-17/h1-4,11,13,16-18,34,36H,5-10H2,(H,28,29,33)(H2,30,32,37). The minimum atomic E-state index is -3.83. The first kappa shape index (κ1) is 25.7. The molecule has 0 saturated heterocycles. The predicted molar refractivity (Wildman–Crippen MR) is 142 cm³/mol. The summed E-state index contributed by atoms with van der Waals surface area (Å²) in [5, 5.41) is 27.6. The van der Waals surface area contributed by atoms with Crippen LogP contribution >= 0.6 is 0 Å². The van der Waals surface area contributed by atoms with Crippen LogP contribution in [0.15, 0.2) is 45.1 Å². The molecule has 6 rings (SSSR count). The minimum Gasteiger partial charge on any atom is -0.493 e. The topological polar surface area (TPSA) is 206 Å². The largest absolute Gasteiger partial charge is 0.493 e. The first-order valence-electron chi connectivity index (χ1n) is 12.9. The summed E-state index contributed by atoms with van der Waals surface area (Å²) in [5.74, 6) is 0.0731. The average Bonchev–Trinajstić information content (AvgIpc) is 3.57. The predicted octanol–water partition coefficient (Wildman–Crippen LogP) is 0.0304. The van der Waals surface area contributed by atoms with Crippen molar-refractivity contribution >= 4 is 27.7 Å². The maximum Gasteiger partial charge on any atom is 0.326 e. The van der Waals surface area contributed by atoms with Crippen molar-refractivity contribution in [1.29, 1.82) is 5.26 Å². The van der Waals surface area contributed by atoms with Crippen LogP contribution in [0.1, 0.15) is 49.8 Å². The highest BCUT2D eigenvalue weighted by Gasteiger charge is 2.28. The van der Waals surface area contributed by atoms with E-state index in [-0.39, 0.29) is 40.2 Å². The number of aromatic hydroxyl groups is 1. The number of nitriles is 1. The Hall–Kier alpha value is -4.55. The molecule has 0 atom stereocenters. The van der Waals surface area contributed by atoms with Gasteiger partial charge in [-0.2, -0.15) is 24.8 Å². The molecule has 0 radical (unpaired) electrons. The molecular weight excluding hydrogens is 536 g/mol. The Kier molecular flexibility index (Phi) is 6.56. The molecule has 2 aliphatic rings. The highest BCUT2D eigenvalue weighted by molar-refractivity contribution is 7.89. The summed E-state index contributed by atoms with van der Waals surface area (Å²) in [7, 11) is -3.83. The van der Waals surface area contributed by atoms with Crippen molar-refractivity contribution in [3.05, 3.63) is 63.0 Å². The molecule has 2 fully saturated rings. The highest BCUT2D eigenvalue weighted by atomic mass is 32.2. The molecule has 0 aliphatic heterocycles. The molecular formula is C25H26N10O4S. The smallest absolute Gasteiger partial charge is 0.326 e. The number of aromatic nitrogens is 6. The van der Waals surface area contributed by atoms with Gasteiger partial charge in [0, 0.05) is 17.3 Å². The fraction of sp³-hybridized carbons (Fsp3) is 0.360. The van der Waals surface area contributed by atoms with Crippen LogP contribution < -0.4 is 26.6 Å². The number of aromatic amines is 2. The Labute approximate surface area is 227 Å².